The average Bonchev–Trinajstić information content (AvgIpc) is 2.71. The molecule has 0 saturated heterocycles. The number of H-pyrrole nitrogens is 1. The Kier molecular flexibility index (Phi) is 1.21. The van der Waals surface area contributed by atoms with Gasteiger partial charge in [0.2, 0.25) is 0 Å². The van der Waals surface area contributed by atoms with Gasteiger partial charge in [-0.1, -0.05) is 0 Å². The average molecular weight is 189 g/mol. The number of aromatic hydroxyl groups is 1. The molecule has 3 rings (SSSR count). The van der Waals surface area contributed by atoms with Gasteiger partial charge in [0.05, 0.1) is 5.52 Å². The van der Waals surface area contributed by atoms with Crippen molar-refractivity contribution in [2.45, 2.75) is 0 Å². The third-order valence-corrected chi connectivity index (χ3v) is 3.12. The van der Waals surface area contributed by atoms with Crippen LogP contribution in [0.1, 0.15) is 0 Å². The van der Waals surface area contributed by atoms with E-state index in [1.165, 1.54) is 0 Å². The van der Waals surface area contributed by atoms with Crippen molar-refractivity contribution in [2.24, 2.45) is 0 Å². The number of thiophene rings is 1. The fraction of sp³-hybridized carbons (Fsp3) is 0. The van der Waals surface area contributed by atoms with Crippen molar-refractivity contribution in [3.63, 3.8) is 0 Å². The van der Waals surface area contributed by atoms with Crippen molar-refractivity contribution in [1.29, 1.82) is 0 Å². The first kappa shape index (κ1) is 6.97. The van der Waals surface area contributed by atoms with E-state index in [0.717, 1.165) is 21.0 Å². The molecule has 3 aromatic rings. The molecular formula is C10H7NOS. The van der Waals surface area contributed by atoms with Gasteiger partial charge < -0.3 is 10.1 Å². The maximum absolute atomic E-state index is 9.87. The van der Waals surface area contributed by atoms with Crippen LogP contribution >= 0.6 is 11.3 Å². The predicted molar refractivity (Wildman–Crippen MR) is 55.3 cm³/mol. The highest BCUT2D eigenvalue weighted by Crippen LogP contribution is 2.35. The molecule has 0 fully saturated rings. The summed E-state index contributed by atoms with van der Waals surface area (Å²) in [6.07, 6.45) is 1.84. The zero-order valence-electron chi connectivity index (χ0n) is 6.74. The number of fused-ring (bicyclic) bond motifs is 2. The highest BCUT2D eigenvalue weighted by atomic mass is 32.1. The van der Waals surface area contributed by atoms with Crippen molar-refractivity contribution in [2.75, 3.05) is 0 Å². The number of phenolic OH excluding ortho intramolecular Hbond substituents is 1. The van der Waals surface area contributed by atoms with Crippen LogP contribution in [0.2, 0.25) is 0 Å². The molecule has 0 bridgehead atoms. The summed E-state index contributed by atoms with van der Waals surface area (Å²) in [6, 6.07) is 5.90. The van der Waals surface area contributed by atoms with E-state index in [-0.39, 0.29) is 0 Å². The molecule has 13 heavy (non-hydrogen) atoms. The van der Waals surface area contributed by atoms with E-state index >= 15 is 0 Å². The second kappa shape index (κ2) is 2.26. The highest BCUT2D eigenvalue weighted by molar-refractivity contribution is 7.17. The quantitative estimate of drug-likeness (QED) is 0.560. The van der Waals surface area contributed by atoms with Crippen molar-refractivity contribution in [3.05, 3.63) is 29.8 Å². The van der Waals surface area contributed by atoms with Gasteiger partial charge in [-0.25, -0.2) is 0 Å². The van der Waals surface area contributed by atoms with E-state index < -0.39 is 0 Å². The number of phenols is 1. The second-order valence-corrected chi connectivity index (χ2v) is 3.94. The normalized spacial score (nSPS) is 11.4. The van der Waals surface area contributed by atoms with E-state index in [4.69, 9.17) is 0 Å². The predicted octanol–water partition coefficient (Wildman–Crippen LogP) is 3.09. The van der Waals surface area contributed by atoms with Crippen LogP contribution in [0, 0.1) is 0 Å². The molecule has 0 radical (unpaired) electrons. The van der Waals surface area contributed by atoms with E-state index in [1.807, 2.05) is 23.7 Å². The molecule has 0 saturated carbocycles. The van der Waals surface area contributed by atoms with Crippen LogP contribution in [0.15, 0.2) is 29.8 Å². The van der Waals surface area contributed by atoms with Crippen molar-refractivity contribution >= 4 is 32.3 Å². The Labute approximate surface area is 78.4 Å². The lowest BCUT2D eigenvalue weighted by molar-refractivity contribution is 0.488. The summed E-state index contributed by atoms with van der Waals surface area (Å²) < 4.78 is 1.12. The molecule has 0 spiro atoms. The minimum Gasteiger partial charge on any atom is -0.507 e. The molecule has 64 valence electrons. The molecule has 0 aliphatic rings. The van der Waals surface area contributed by atoms with E-state index in [0.29, 0.717) is 5.75 Å². The number of aromatic nitrogens is 1. The van der Waals surface area contributed by atoms with E-state index in [1.54, 1.807) is 11.3 Å². The summed E-state index contributed by atoms with van der Waals surface area (Å²) in [5.41, 5.74) is 0.993. The lowest BCUT2D eigenvalue weighted by Crippen LogP contribution is -1.70. The topological polar surface area (TPSA) is 36.0 Å². The van der Waals surface area contributed by atoms with Crippen LogP contribution in [-0.2, 0) is 0 Å². The van der Waals surface area contributed by atoms with E-state index in [2.05, 4.69) is 11.1 Å². The molecule has 1 aromatic carbocycles. The largest absolute Gasteiger partial charge is 0.507 e. The number of aromatic amines is 1. The zero-order valence-corrected chi connectivity index (χ0v) is 7.56. The van der Waals surface area contributed by atoms with Crippen LogP contribution in [-0.4, -0.2) is 10.1 Å². The Balaban J connectivity index is 2.67. The number of hydrogen-bond acceptors (Lipinski definition) is 2. The van der Waals surface area contributed by atoms with E-state index in [9.17, 15) is 5.11 Å². The lowest BCUT2D eigenvalue weighted by atomic mass is 10.2. The smallest absolute Gasteiger partial charge is 0.133 e. The van der Waals surface area contributed by atoms with Gasteiger partial charge in [0, 0.05) is 21.7 Å². The van der Waals surface area contributed by atoms with Gasteiger partial charge >= 0.3 is 0 Å². The summed E-state index contributed by atoms with van der Waals surface area (Å²) in [7, 11) is 0. The van der Waals surface area contributed by atoms with Gasteiger partial charge in [-0.2, -0.15) is 0 Å². The van der Waals surface area contributed by atoms with Crippen LogP contribution in [0.4, 0.5) is 0 Å². The molecule has 0 aliphatic heterocycles. The Morgan fingerprint density at radius 2 is 2.15 bits per heavy atom. The first-order valence-corrected chi connectivity index (χ1v) is 4.90. The van der Waals surface area contributed by atoms with Gasteiger partial charge in [0.15, 0.2) is 0 Å². The Bertz CT molecular complexity index is 530. The van der Waals surface area contributed by atoms with Crippen LogP contribution in [0.25, 0.3) is 21.0 Å². The van der Waals surface area contributed by atoms with Gasteiger partial charge in [0.1, 0.15) is 5.75 Å². The standard InChI is InChI=1S/C10H7NOS/c12-10-6-1-3-11-8(6)5-9-7(10)2-4-13-9/h1-5,11-12H. The highest BCUT2D eigenvalue weighted by Gasteiger charge is 2.06. The first-order chi connectivity index (χ1) is 6.36. The lowest BCUT2D eigenvalue weighted by Gasteiger charge is -1.96. The van der Waals surface area contributed by atoms with Gasteiger partial charge in [-0.3, -0.25) is 0 Å². The van der Waals surface area contributed by atoms with Crippen molar-refractivity contribution in [3.8, 4) is 5.75 Å². The summed E-state index contributed by atoms with van der Waals surface area (Å²) in [5, 5.41) is 13.7. The molecule has 2 N–H and O–H groups in total. The SMILES string of the molecule is Oc1c2cc[nH]c2cc2sccc12. The maximum atomic E-state index is 9.87. The van der Waals surface area contributed by atoms with Crippen molar-refractivity contribution < 1.29 is 5.11 Å². The molecule has 0 atom stereocenters. The minimum atomic E-state index is 0.384. The molecule has 0 aliphatic carbocycles. The fourth-order valence-corrected chi connectivity index (χ4v) is 2.44. The summed E-state index contributed by atoms with van der Waals surface area (Å²) in [5.74, 6) is 0.384. The van der Waals surface area contributed by atoms with Gasteiger partial charge in [0.25, 0.3) is 0 Å². The maximum Gasteiger partial charge on any atom is 0.133 e. The Hall–Kier alpha value is -1.48. The number of benzene rings is 1. The van der Waals surface area contributed by atoms with Gasteiger partial charge in [-0.05, 0) is 23.6 Å². The molecule has 3 heteroatoms. The van der Waals surface area contributed by atoms with Gasteiger partial charge in [-0.15, -0.1) is 11.3 Å². The van der Waals surface area contributed by atoms with Crippen LogP contribution in [0.5, 0.6) is 5.75 Å². The zero-order chi connectivity index (χ0) is 8.84. The summed E-state index contributed by atoms with van der Waals surface area (Å²) in [4.78, 5) is 3.09. The third kappa shape index (κ3) is 0.820. The Morgan fingerprint density at radius 3 is 3.08 bits per heavy atom. The minimum absolute atomic E-state index is 0.384. The summed E-state index contributed by atoms with van der Waals surface area (Å²) in [6.45, 7) is 0. The molecule has 0 amide bonds. The molecule has 2 heterocycles. The number of hydrogen-bond donors (Lipinski definition) is 2. The molecular weight excluding hydrogens is 182 g/mol. The first-order valence-electron chi connectivity index (χ1n) is 4.02. The monoisotopic (exact) mass is 189 g/mol. The molecule has 2 aromatic heterocycles. The Morgan fingerprint density at radius 1 is 1.23 bits per heavy atom. The van der Waals surface area contributed by atoms with Crippen LogP contribution in [0.3, 0.4) is 0 Å². The third-order valence-electron chi connectivity index (χ3n) is 2.26. The number of rotatable bonds is 0. The van der Waals surface area contributed by atoms with Crippen molar-refractivity contribution in [1.82, 2.24) is 4.98 Å². The molecule has 0 unspecified atom stereocenters. The molecule has 2 nitrogen and oxygen atoms in total. The second-order valence-electron chi connectivity index (χ2n) is 3.00. The van der Waals surface area contributed by atoms with Crippen LogP contribution < -0.4 is 0 Å². The number of nitrogens with one attached hydrogen (secondary N) is 1. The summed E-state index contributed by atoms with van der Waals surface area (Å²) >= 11 is 1.64. The fourth-order valence-electron chi connectivity index (χ4n) is 1.61.